The van der Waals surface area contributed by atoms with Crippen LogP contribution in [0.25, 0.3) is 0 Å². The number of likely N-dealkylation sites (tertiary alicyclic amines) is 2. The van der Waals surface area contributed by atoms with Gasteiger partial charge in [-0.2, -0.15) is 0 Å². The van der Waals surface area contributed by atoms with Crippen molar-refractivity contribution in [3.05, 3.63) is 63.6 Å². The van der Waals surface area contributed by atoms with Crippen molar-refractivity contribution in [2.24, 2.45) is 23.2 Å². The number of hydrogen-bond acceptors (Lipinski definition) is 4. The molecule has 3 aliphatic carbocycles. The van der Waals surface area contributed by atoms with Crippen molar-refractivity contribution in [1.82, 2.24) is 14.8 Å². The third kappa shape index (κ3) is 3.20. The number of aromatic nitrogens is 1. The molecular weight excluding hydrogens is 462 g/mol. The maximum Gasteiger partial charge on any atom is 0.255 e. The molecule has 3 saturated carbocycles. The number of nitrogens with zero attached hydrogens (tertiary/aromatic N) is 2. The fourth-order valence-corrected chi connectivity index (χ4v) is 9.71. The molecule has 5 fully saturated rings. The Morgan fingerprint density at radius 3 is 2.73 bits per heavy atom. The monoisotopic (exact) mass is 501 g/mol. The summed E-state index contributed by atoms with van der Waals surface area (Å²) >= 11 is 0. The lowest BCUT2D eigenvalue weighted by atomic mass is 9.46. The van der Waals surface area contributed by atoms with Crippen LogP contribution in [0.2, 0.25) is 0 Å². The third-order valence-corrected chi connectivity index (χ3v) is 11.3. The fraction of sp³-hybridized carbons (Fsp3) is 0.613. The molecule has 5 aliphatic rings. The summed E-state index contributed by atoms with van der Waals surface area (Å²) in [5.41, 5.74) is 3.27. The fourth-order valence-electron chi connectivity index (χ4n) is 9.71. The standard InChI is InChI=1S/C31H39N3O3/c1-3-21-6-8-24(35)14-25(21)31-12-13-33(17-20-4-5-20)19(2)30(31)11-10-26-28(31)23(15-30)18-34(26)29(37)22-7-9-27(36)32-16-22/h6-9,14,16,19-20,23,26,28,35H,3-5,10-13,15,17-18H2,1-2H3,(H,32,36)/t19?,23-,26?,28?,30?,31?/m1/s1. The van der Waals surface area contributed by atoms with E-state index in [0.717, 1.165) is 51.1 Å². The number of hydrogen-bond donors (Lipinski definition) is 2. The van der Waals surface area contributed by atoms with Crippen LogP contribution in [0.15, 0.2) is 41.3 Å². The molecule has 0 spiro atoms. The van der Waals surface area contributed by atoms with Gasteiger partial charge in [-0.3, -0.25) is 14.5 Å². The number of phenolic OH excluding ortho intramolecular Hbond substituents is 1. The Kier molecular flexibility index (Phi) is 5.21. The largest absolute Gasteiger partial charge is 0.508 e. The summed E-state index contributed by atoms with van der Waals surface area (Å²) in [7, 11) is 0. The molecule has 2 saturated heterocycles. The number of nitrogens with one attached hydrogen (secondary N) is 1. The highest BCUT2D eigenvalue weighted by Crippen LogP contribution is 2.73. The molecule has 2 bridgehead atoms. The second kappa shape index (κ2) is 8.20. The van der Waals surface area contributed by atoms with Gasteiger partial charge in [-0.25, -0.2) is 0 Å². The number of H-pyrrole nitrogens is 1. The molecule has 6 heteroatoms. The minimum Gasteiger partial charge on any atom is -0.508 e. The summed E-state index contributed by atoms with van der Waals surface area (Å²) in [4.78, 5) is 33.0. The first kappa shape index (κ1) is 23.5. The summed E-state index contributed by atoms with van der Waals surface area (Å²) in [6.07, 6.45) is 9.72. The first-order valence-corrected chi connectivity index (χ1v) is 14.4. The van der Waals surface area contributed by atoms with Crippen molar-refractivity contribution in [3.63, 3.8) is 0 Å². The molecule has 2 aliphatic heterocycles. The number of piperidine rings is 1. The molecule has 2 N–H and O–H groups in total. The Morgan fingerprint density at radius 1 is 1.16 bits per heavy atom. The van der Waals surface area contributed by atoms with Crippen LogP contribution in [-0.2, 0) is 11.8 Å². The van der Waals surface area contributed by atoms with Crippen LogP contribution in [0.3, 0.4) is 0 Å². The Hall–Kier alpha value is -2.60. The average Bonchev–Trinajstić information content (AvgIpc) is 3.60. The zero-order chi connectivity index (χ0) is 25.5. The smallest absolute Gasteiger partial charge is 0.255 e. The normalized spacial score (nSPS) is 36.5. The van der Waals surface area contributed by atoms with Crippen molar-refractivity contribution >= 4 is 5.91 Å². The van der Waals surface area contributed by atoms with Gasteiger partial charge in [0.1, 0.15) is 5.75 Å². The van der Waals surface area contributed by atoms with E-state index in [0.29, 0.717) is 29.2 Å². The highest BCUT2D eigenvalue weighted by molar-refractivity contribution is 5.94. The van der Waals surface area contributed by atoms with E-state index in [9.17, 15) is 14.7 Å². The molecule has 0 radical (unpaired) electrons. The van der Waals surface area contributed by atoms with Gasteiger partial charge in [0, 0.05) is 42.9 Å². The number of rotatable bonds is 5. The predicted molar refractivity (Wildman–Crippen MR) is 143 cm³/mol. The minimum atomic E-state index is -0.181. The van der Waals surface area contributed by atoms with Gasteiger partial charge in [-0.15, -0.1) is 0 Å². The summed E-state index contributed by atoms with van der Waals surface area (Å²) in [5, 5.41) is 10.7. The number of amides is 1. The Labute approximate surface area is 219 Å². The number of benzene rings is 1. The SMILES string of the molecule is CCc1ccc(O)cc1C12CCN(CC3CC3)C(C)C13CCC1C2[C@@H](CN1C(=O)c1ccc(=O)[nH]c1)C3. The van der Waals surface area contributed by atoms with E-state index in [1.54, 1.807) is 12.3 Å². The molecule has 6 nitrogen and oxygen atoms in total. The van der Waals surface area contributed by atoms with E-state index >= 15 is 0 Å². The lowest BCUT2D eigenvalue weighted by Crippen LogP contribution is -2.66. The van der Waals surface area contributed by atoms with E-state index in [2.05, 4.69) is 40.8 Å². The topological polar surface area (TPSA) is 76.6 Å². The van der Waals surface area contributed by atoms with Gasteiger partial charge in [0.2, 0.25) is 5.56 Å². The van der Waals surface area contributed by atoms with Gasteiger partial charge in [0.05, 0.1) is 5.56 Å². The molecule has 196 valence electrons. The predicted octanol–water partition coefficient (Wildman–Crippen LogP) is 4.33. The summed E-state index contributed by atoms with van der Waals surface area (Å²) in [6.45, 7) is 7.86. The van der Waals surface area contributed by atoms with Gasteiger partial charge in [-0.05, 0) is 111 Å². The maximum atomic E-state index is 13.8. The Bertz CT molecular complexity index is 1280. The summed E-state index contributed by atoms with van der Waals surface area (Å²) in [6, 6.07) is 9.92. The highest BCUT2D eigenvalue weighted by atomic mass is 16.3. The lowest BCUT2D eigenvalue weighted by molar-refractivity contribution is -0.0870. The molecule has 3 heterocycles. The van der Waals surface area contributed by atoms with E-state index in [1.165, 1.54) is 36.6 Å². The molecule has 6 atom stereocenters. The highest BCUT2D eigenvalue weighted by Gasteiger charge is 2.74. The molecule has 1 aromatic heterocycles. The molecule has 37 heavy (non-hydrogen) atoms. The van der Waals surface area contributed by atoms with Crippen LogP contribution in [0.4, 0.5) is 0 Å². The Morgan fingerprint density at radius 2 is 2.00 bits per heavy atom. The average molecular weight is 502 g/mol. The molecule has 2 aromatic rings. The zero-order valence-corrected chi connectivity index (χ0v) is 22.1. The Balaban J connectivity index is 1.34. The van der Waals surface area contributed by atoms with Crippen molar-refractivity contribution in [3.8, 4) is 5.75 Å². The van der Waals surface area contributed by atoms with E-state index in [4.69, 9.17) is 0 Å². The lowest BCUT2D eigenvalue weighted by Gasteiger charge is -2.63. The first-order chi connectivity index (χ1) is 17.9. The number of aromatic hydroxyl groups is 1. The van der Waals surface area contributed by atoms with Crippen molar-refractivity contribution in [2.75, 3.05) is 19.6 Å². The molecule has 7 rings (SSSR count). The van der Waals surface area contributed by atoms with Crippen LogP contribution in [-0.4, -0.2) is 57.5 Å². The van der Waals surface area contributed by atoms with Crippen LogP contribution < -0.4 is 5.56 Å². The van der Waals surface area contributed by atoms with Gasteiger partial charge in [0.15, 0.2) is 0 Å². The second-order valence-electron chi connectivity index (χ2n) is 12.7. The molecule has 1 aromatic carbocycles. The van der Waals surface area contributed by atoms with Crippen LogP contribution in [0.5, 0.6) is 5.75 Å². The van der Waals surface area contributed by atoms with E-state index < -0.39 is 0 Å². The van der Waals surface area contributed by atoms with Crippen LogP contribution in [0, 0.1) is 23.2 Å². The maximum absolute atomic E-state index is 13.8. The second-order valence-corrected chi connectivity index (χ2v) is 12.7. The number of phenols is 1. The van der Waals surface area contributed by atoms with Crippen molar-refractivity contribution in [2.45, 2.75) is 76.3 Å². The van der Waals surface area contributed by atoms with Gasteiger partial charge < -0.3 is 15.0 Å². The molecule has 5 unspecified atom stereocenters. The summed E-state index contributed by atoms with van der Waals surface area (Å²) in [5.74, 6) is 2.16. The van der Waals surface area contributed by atoms with Crippen LogP contribution >= 0.6 is 0 Å². The summed E-state index contributed by atoms with van der Waals surface area (Å²) < 4.78 is 0. The van der Waals surface area contributed by atoms with Crippen molar-refractivity contribution < 1.29 is 9.90 Å². The van der Waals surface area contributed by atoms with E-state index in [-0.39, 0.29) is 28.3 Å². The number of aromatic amines is 1. The molecular formula is C31H39N3O3. The number of carbonyl (C=O) groups is 1. The van der Waals surface area contributed by atoms with Crippen LogP contribution in [0.1, 0.15) is 73.9 Å². The quantitative estimate of drug-likeness (QED) is 0.640. The van der Waals surface area contributed by atoms with Gasteiger partial charge in [-0.1, -0.05) is 13.0 Å². The van der Waals surface area contributed by atoms with Gasteiger partial charge in [0.25, 0.3) is 5.91 Å². The molecule has 1 amide bonds. The number of aryl methyl sites for hydroxylation is 1. The number of pyridine rings is 1. The van der Waals surface area contributed by atoms with Crippen molar-refractivity contribution in [1.29, 1.82) is 0 Å². The minimum absolute atomic E-state index is 0.0236. The van der Waals surface area contributed by atoms with Gasteiger partial charge >= 0.3 is 0 Å². The van der Waals surface area contributed by atoms with E-state index in [1.807, 2.05) is 6.07 Å². The zero-order valence-electron chi connectivity index (χ0n) is 22.1. The number of carbonyl (C=O) groups excluding carboxylic acids is 1. The first-order valence-electron chi connectivity index (χ1n) is 14.4. The third-order valence-electron chi connectivity index (χ3n) is 11.3.